The summed E-state index contributed by atoms with van der Waals surface area (Å²) < 4.78 is 0.987. The highest BCUT2D eigenvalue weighted by atomic mass is 79.9. The molecule has 1 amide bonds. The number of aromatic nitrogens is 2. The van der Waals surface area contributed by atoms with Crippen LogP contribution in [0.4, 0.5) is 11.8 Å². The molecule has 30 heavy (non-hydrogen) atoms. The van der Waals surface area contributed by atoms with Crippen molar-refractivity contribution in [2.24, 2.45) is 5.92 Å². The van der Waals surface area contributed by atoms with Gasteiger partial charge in [0.15, 0.2) is 0 Å². The first-order valence-corrected chi connectivity index (χ1v) is 12.5. The number of thiophene rings is 1. The molecule has 1 fully saturated rings. The molecule has 0 aliphatic heterocycles. The normalized spacial score (nSPS) is 21.0. The van der Waals surface area contributed by atoms with Gasteiger partial charge in [0.2, 0.25) is 5.95 Å². The molecule has 2 aliphatic carbocycles. The predicted molar refractivity (Wildman–Crippen MR) is 127 cm³/mol. The Morgan fingerprint density at radius 1 is 1.17 bits per heavy atom. The van der Waals surface area contributed by atoms with E-state index in [0.29, 0.717) is 12.0 Å². The number of fused-ring (bicyclic) bond motifs is 1. The van der Waals surface area contributed by atoms with Crippen molar-refractivity contribution < 1.29 is 4.79 Å². The third-order valence-corrected chi connectivity index (χ3v) is 7.74. The van der Waals surface area contributed by atoms with Crippen molar-refractivity contribution in [2.75, 3.05) is 30.9 Å². The number of carbonyl (C=O) groups excluding carboxylic acids is 1. The van der Waals surface area contributed by atoms with E-state index in [-0.39, 0.29) is 5.91 Å². The van der Waals surface area contributed by atoms with Crippen LogP contribution in [0.3, 0.4) is 0 Å². The number of aryl methyl sites for hydroxylation is 1. The molecule has 2 aromatic heterocycles. The molecule has 2 aliphatic rings. The van der Waals surface area contributed by atoms with Crippen LogP contribution in [0.2, 0.25) is 0 Å². The first-order chi connectivity index (χ1) is 14.5. The lowest BCUT2D eigenvalue weighted by Gasteiger charge is -2.30. The van der Waals surface area contributed by atoms with Gasteiger partial charge in [0.25, 0.3) is 5.91 Å². The molecule has 0 radical (unpaired) electrons. The van der Waals surface area contributed by atoms with Crippen molar-refractivity contribution >= 4 is 44.9 Å². The highest BCUT2D eigenvalue weighted by Crippen LogP contribution is 2.30. The molecule has 8 heteroatoms. The van der Waals surface area contributed by atoms with E-state index in [4.69, 9.17) is 9.97 Å². The van der Waals surface area contributed by atoms with Crippen LogP contribution < -0.4 is 15.5 Å². The summed E-state index contributed by atoms with van der Waals surface area (Å²) in [5.74, 6) is 2.42. The van der Waals surface area contributed by atoms with Gasteiger partial charge in [-0.2, -0.15) is 4.98 Å². The van der Waals surface area contributed by atoms with Gasteiger partial charge in [0.1, 0.15) is 5.82 Å². The van der Waals surface area contributed by atoms with Gasteiger partial charge in [-0.3, -0.25) is 4.79 Å². The van der Waals surface area contributed by atoms with E-state index in [1.807, 2.05) is 12.1 Å². The molecule has 0 atom stereocenters. The number of hydrogen-bond acceptors (Lipinski definition) is 6. The van der Waals surface area contributed by atoms with Crippen molar-refractivity contribution in [3.05, 3.63) is 32.1 Å². The van der Waals surface area contributed by atoms with Crippen LogP contribution in [0.1, 0.15) is 59.5 Å². The summed E-state index contributed by atoms with van der Waals surface area (Å²) in [6.45, 7) is 0.751. The SMILES string of the molecule is CN(C)c1nc(N[C@H]2CC[C@@H](CNC(=O)c3ccc(Br)s3)CC2)nc2c1CCCC2. The largest absolute Gasteiger partial charge is 0.362 e. The lowest BCUT2D eigenvalue weighted by Crippen LogP contribution is -2.34. The highest BCUT2D eigenvalue weighted by Gasteiger charge is 2.24. The minimum absolute atomic E-state index is 0.0321. The number of hydrogen-bond donors (Lipinski definition) is 2. The smallest absolute Gasteiger partial charge is 0.261 e. The van der Waals surface area contributed by atoms with E-state index in [2.05, 4.69) is 45.6 Å². The van der Waals surface area contributed by atoms with Gasteiger partial charge < -0.3 is 15.5 Å². The number of nitrogens with one attached hydrogen (secondary N) is 2. The Morgan fingerprint density at radius 2 is 1.93 bits per heavy atom. The van der Waals surface area contributed by atoms with Gasteiger partial charge in [0.05, 0.1) is 14.4 Å². The van der Waals surface area contributed by atoms with Gasteiger partial charge in [0, 0.05) is 32.2 Å². The fourth-order valence-electron chi connectivity index (χ4n) is 4.46. The molecular formula is C22H30BrN5OS. The van der Waals surface area contributed by atoms with Gasteiger partial charge in [-0.1, -0.05) is 0 Å². The second kappa shape index (κ2) is 9.64. The van der Waals surface area contributed by atoms with Crippen molar-refractivity contribution in [1.82, 2.24) is 15.3 Å². The Kier molecular flexibility index (Phi) is 6.93. The molecule has 6 nitrogen and oxygen atoms in total. The maximum atomic E-state index is 12.3. The molecule has 0 bridgehead atoms. The number of nitrogens with zero attached hydrogens (tertiary/aromatic N) is 3. The minimum Gasteiger partial charge on any atom is -0.362 e. The third kappa shape index (κ3) is 5.14. The van der Waals surface area contributed by atoms with Crippen molar-refractivity contribution in [1.29, 1.82) is 0 Å². The molecule has 2 aromatic rings. The van der Waals surface area contributed by atoms with Crippen LogP contribution in [0.15, 0.2) is 15.9 Å². The molecule has 2 heterocycles. The average Bonchev–Trinajstić information content (AvgIpc) is 3.19. The molecule has 0 aromatic carbocycles. The quantitative estimate of drug-likeness (QED) is 0.615. The van der Waals surface area contributed by atoms with Gasteiger partial charge in [-0.05, 0) is 85.3 Å². The summed E-state index contributed by atoms with van der Waals surface area (Å²) in [7, 11) is 4.13. The Morgan fingerprint density at radius 3 is 2.63 bits per heavy atom. The summed E-state index contributed by atoms with van der Waals surface area (Å²) >= 11 is 4.89. The standard InChI is InChI=1S/C22H30BrN5OS/c1-28(2)20-16-5-3-4-6-17(16)26-22(27-20)25-15-9-7-14(8-10-15)13-24-21(29)18-11-12-19(23)30-18/h11-12,14-15H,3-10,13H2,1-2H3,(H,24,29)(H,25,26,27)/t14-,15+. The van der Waals surface area contributed by atoms with Crippen molar-refractivity contribution in [3.8, 4) is 0 Å². The molecular weight excluding hydrogens is 462 g/mol. The van der Waals surface area contributed by atoms with Crippen LogP contribution in [-0.2, 0) is 12.8 Å². The van der Waals surface area contributed by atoms with Crippen molar-refractivity contribution in [2.45, 2.75) is 57.4 Å². The lowest BCUT2D eigenvalue weighted by molar-refractivity contribution is 0.0947. The minimum atomic E-state index is 0.0321. The lowest BCUT2D eigenvalue weighted by atomic mass is 9.86. The molecule has 0 saturated heterocycles. The Hall–Kier alpha value is -1.67. The van der Waals surface area contributed by atoms with E-state index >= 15 is 0 Å². The van der Waals surface area contributed by atoms with Crippen LogP contribution in [0.5, 0.6) is 0 Å². The fraction of sp³-hybridized carbons (Fsp3) is 0.591. The maximum absolute atomic E-state index is 12.3. The molecule has 4 rings (SSSR count). The van der Waals surface area contributed by atoms with E-state index in [0.717, 1.165) is 65.5 Å². The van der Waals surface area contributed by atoms with Crippen LogP contribution >= 0.6 is 27.3 Å². The monoisotopic (exact) mass is 491 g/mol. The highest BCUT2D eigenvalue weighted by molar-refractivity contribution is 9.11. The zero-order valence-electron chi connectivity index (χ0n) is 17.7. The van der Waals surface area contributed by atoms with E-state index in [1.165, 1.54) is 35.4 Å². The molecule has 1 saturated carbocycles. The number of halogens is 1. The topological polar surface area (TPSA) is 70.2 Å². The second-order valence-electron chi connectivity index (χ2n) is 8.57. The summed E-state index contributed by atoms with van der Waals surface area (Å²) in [6.07, 6.45) is 8.98. The van der Waals surface area contributed by atoms with E-state index in [9.17, 15) is 4.79 Å². The fourth-order valence-corrected chi connectivity index (χ4v) is 5.77. The zero-order chi connectivity index (χ0) is 21.1. The maximum Gasteiger partial charge on any atom is 0.261 e. The average molecular weight is 492 g/mol. The molecule has 2 N–H and O–H groups in total. The number of carbonyl (C=O) groups is 1. The molecule has 0 spiro atoms. The van der Waals surface area contributed by atoms with Crippen molar-refractivity contribution in [3.63, 3.8) is 0 Å². The third-order valence-electron chi connectivity index (χ3n) is 6.11. The Labute approximate surface area is 191 Å². The summed E-state index contributed by atoms with van der Waals surface area (Å²) in [6, 6.07) is 4.19. The summed E-state index contributed by atoms with van der Waals surface area (Å²) in [4.78, 5) is 24.8. The predicted octanol–water partition coefficient (Wildman–Crippen LogP) is 4.65. The number of anilines is 2. The van der Waals surface area contributed by atoms with Crippen LogP contribution in [-0.4, -0.2) is 42.6 Å². The van der Waals surface area contributed by atoms with Crippen LogP contribution in [0, 0.1) is 5.92 Å². The molecule has 0 unspecified atom stereocenters. The van der Waals surface area contributed by atoms with Gasteiger partial charge in [-0.25, -0.2) is 4.98 Å². The first kappa shape index (κ1) is 21.6. The van der Waals surface area contributed by atoms with Crippen LogP contribution in [0.25, 0.3) is 0 Å². The number of amides is 1. The Bertz CT molecular complexity index is 892. The number of rotatable bonds is 6. The van der Waals surface area contributed by atoms with E-state index < -0.39 is 0 Å². The molecule has 162 valence electrons. The Balaban J connectivity index is 1.29. The first-order valence-electron chi connectivity index (χ1n) is 10.9. The summed E-state index contributed by atoms with van der Waals surface area (Å²) in [5, 5.41) is 6.70. The summed E-state index contributed by atoms with van der Waals surface area (Å²) in [5.41, 5.74) is 2.55. The van der Waals surface area contributed by atoms with Gasteiger partial charge in [-0.15, -0.1) is 11.3 Å². The zero-order valence-corrected chi connectivity index (χ0v) is 20.1. The second-order valence-corrected chi connectivity index (χ2v) is 11.0. The van der Waals surface area contributed by atoms with Gasteiger partial charge >= 0.3 is 0 Å². The van der Waals surface area contributed by atoms with E-state index in [1.54, 1.807) is 0 Å².